The number of benzene rings is 2. The molecule has 0 bridgehead atoms. The van der Waals surface area contributed by atoms with E-state index >= 15 is 0 Å². The van der Waals surface area contributed by atoms with E-state index < -0.39 is 11.8 Å². The van der Waals surface area contributed by atoms with E-state index in [0.717, 1.165) is 11.1 Å². The number of hydrogen-bond acceptors (Lipinski definition) is 4. The average molecular weight is 415 g/mol. The van der Waals surface area contributed by atoms with Crippen LogP contribution in [-0.2, 0) is 9.59 Å². The minimum Gasteiger partial charge on any atom is -0.490 e. The minimum absolute atomic E-state index is 0.0194. The third-order valence-corrected chi connectivity index (χ3v) is 4.85. The van der Waals surface area contributed by atoms with E-state index in [2.05, 4.69) is 5.43 Å². The average Bonchev–Trinajstić information content (AvgIpc) is 2.95. The lowest BCUT2D eigenvalue weighted by atomic mass is 10.1. The first-order valence-corrected chi connectivity index (χ1v) is 9.77. The van der Waals surface area contributed by atoms with Crippen molar-refractivity contribution in [3.8, 4) is 11.5 Å². The van der Waals surface area contributed by atoms with Crippen LogP contribution in [0.25, 0.3) is 6.08 Å². The van der Waals surface area contributed by atoms with Crippen LogP contribution in [0.4, 0.5) is 5.69 Å². The fourth-order valence-corrected chi connectivity index (χ4v) is 3.26. The molecule has 152 valence electrons. The second-order valence-corrected chi connectivity index (χ2v) is 7.01. The summed E-state index contributed by atoms with van der Waals surface area (Å²) in [6.07, 6.45) is 1.50. The summed E-state index contributed by atoms with van der Waals surface area (Å²) in [7, 11) is 0. The fourth-order valence-electron chi connectivity index (χ4n) is 2.99. The van der Waals surface area contributed by atoms with Gasteiger partial charge in [-0.2, -0.15) is 0 Å². The van der Waals surface area contributed by atoms with Crippen LogP contribution < -0.4 is 19.9 Å². The molecule has 1 saturated heterocycles. The van der Waals surface area contributed by atoms with Crippen molar-refractivity contribution in [3.63, 3.8) is 0 Å². The van der Waals surface area contributed by atoms with Crippen molar-refractivity contribution in [1.82, 2.24) is 5.43 Å². The number of amides is 2. The van der Waals surface area contributed by atoms with Crippen LogP contribution in [0.3, 0.4) is 0 Å². The van der Waals surface area contributed by atoms with Crippen LogP contribution in [0, 0.1) is 13.8 Å². The number of anilines is 1. The number of ether oxygens (including phenoxy) is 2. The van der Waals surface area contributed by atoms with Crippen LogP contribution >= 0.6 is 11.6 Å². The van der Waals surface area contributed by atoms with Crippen molar-refractivity contribution in [2.24, 2.45) is 0 Å². The summed E-state index contributed by atoms with van der Waals surface area (Å²) in [4.78, 5) is 25.3. The van der Waals surface area contributed by atoms with Gasteiger partial charge in [0.05, 0.1) is 23.9 Å². The Balaban J connectivity index is 1.96. The van der Waals surface area contributed by atoms with Gasteiger partial charge < -0.3 is 9.47 Å². The number of carbonyl (C=O) groups is 2. The van der Waals surface area contributed by atoms with E-state index in [0.29, 0.717) is 41.0 Å². The number of halogens is 1. The van der Waals surface area contributed by atoms with Gasteiger partial charge >= 0.3 is 0 Å². The molecule has 0 unspecified atom stereocenters. The number of hydrazine groups is 1. The number of carbonyl (C=O) groups excluding carboxylic acids is 2. The van der Waals surface area contributed by atoms with Gasteiger partial charge in [0.2, 0.25) is 0 Å². The highest BCUT2D eigenvalue weighted by Crippen LogP contribution is 2.37. The minimum atomic E-state index is -0.476. The van der Waals surface area contributed by atoms with E-state index in [9.17, 15) is 9.59 Å². The number of rotatable bonds is 6. The first-order chi connectivity index (χ1) is 13.8. The molecule has 1 N–H and O–H groups in total. The molecule has 0 spiro atoms. The molecule has 0 radical (unpaired) electrons. The lowest BCUT2D eigenvalue weighted by molar-refractivity contribution is -0.117. The highest BCUT2D eigenvalue weighted by molar-refractivity contribution is 6.33. The van der Waals surface area contributed by atoms with Crippen LogP contribution in [-0.4, -0.2) is 25.0 Å². The zero-order valence-electron chi connectivity index (χ0n) is 16.8. The summed E-state index contributed by atoms with van der Waals surface area (Å²) < 4.78 is 11.2. The molecule has 0 saturated carbocycles. The monoisotopic (exact) mass is 414 g/mol. The van der Waals surface area contributed by atoms with Gasteiger partial charge in [0, 0.05) is 0 Å². The van der Waals surface area contributed by atoms with Crippen molar-refractivity contribution in [1.29, 1.82) is 0 Å². The standard InChI is InChI=1S/C22H23ClN2O4/c1-5-28-19-12-15(11-18(23)20(19)29-6-2)10-17-21(26)24-25(22(17)27)16-8-7-13(3)14(4)9-16/h7-12H,5-6H2,1-4H3,(H,24,26). The second kappa shape index (κ2) is 8.57. The van der Waals surface area contributed by atoms with Gasteiger partial charge in [-0.15, -0.1) is 0 Å². The van der Waals surface area contributed by atoms with Gasteiger partial charge in [0.15, 0.2) is 11.5 Å². The first-order valence-electron chi connectivity index (χ1n) is 9.39. The summed E-state index contributed by atoms with van der Waals surface area (Å²) in [6.45, 7) is 8.51. The highest BCUT2D eigenvalue weighted by Gasteiger charge is 2.34. The van der Waals surface area contributed by atoms with Crippen molar-refractivity contribution < 1.29 is 19.1 Å². The van der Waals surface area contributed by atoms with Crippen LogP contribution in [0.2, 0.25) is 5.02 Å². The van der Waals surface area contributed by atoms with E-state index in [-0.39, 0.29) is 5.57 Å². The normalized spacial score (nSPS) is 15.1. The van der Waals surface area contributed by atoms with Crippen molar-refractivity contribution in [2.45, 2.75) is 27.7 Å². The van der Waals surface area contributed by atoms with Crippen molar-refractivity contribution in [3.05, 3.63) is 57.6 Å². The maximum Gasteiger partial charge on any atom is 0.282 e. The summed E-state index contributed by atoms with van der Waals surface area (Å²) in [5.74, 6) is 0.000101. The topological polar surface area (TPSA) is 67.9 Å². The molecule has 7 heteroatoms. The lowest BCUT2D eigenvalue weighted by Crippen LogP contribution is -2.35. The summed E-state index contributed by atoms with van der Waals surface area (Å²) in [5.41, 5.74) is 5.94. The van der Waals surface area contributed by atoms with Crippen molar-refractivity contribution in [2.75, 3.05) is 18.2 Å². The van der Waals surface area contributed by atoms with Gasteiger partial charge in [-0.3, -0.25) is 15.0 Å². The Morgan fingerprint density at radius 1 is 1.03 bits per heavy atom. The summed E-state index contributed by atoms with van der Waals surface area (Å²) >= 11 is 6.33. The third kappa shape index (κ3) is 4.22. The lowest BCUT2D eigenvalue weighted by Gasteiger charge is -2.16. The molecule has 2 amide bonds. The van der Waals surface area contributed by atoms with E-state index in [1.807, 2.05) is 39.8 Å². The zero-order valence-corrected chi connectivity index (χ0v) is 17.6. The highest BCUT2D eigenvalue weighted by atomic mass is 35.5. The van der Waals surface area contributed by atoms with Gasteiger partial charge in [0.1, 0.15) is 5.57 Å². The Morgan fingerprint density at radius 2 is 1.76 bits per heavy atom. The Hall–Kier alpha value is -2.99. The van der Waals surface area contributed by atoms with Crippen LogP contribution in [0.5, 0.6) is 11.5 Å². The van der Waals surface area contributed by atoms with Gasteiger partial charge in [0.25, 0.3) is 11.8 Å². The molecule has 1 heterocycles. The molecule has 2 aromatic rings. The van der Waals surface area contributed by atoms with E-state index in [1.54, 1.807) is 18.2 Å². The van der Waals surface area contributed by atoms with E-state index in [4.69, 9.17) is 21.1 Å². The maximum atomic E-state index is 12.9. The fraction of sp³-hybridized carbons (Fsp3) is 0.273. The second-order valence-electron chi connectivity index (χ2n) is 6.60. The molecule has 6 nitrogen and oxygen atoms in total. The number of hydrogen-bond donors (Lipinski definition) is 1. The summed E-state index contributed by atoms with van der Waals surface area (Å²) in [5, 5.41) is 1.60. The summed E-state index contributed by atoms with van der Waals surface area (Å²) in [6, 6.07) is 8.90. The number of nitrogens with one attached hydrogen (secondary N) is 1. The van der Waals surface area contributed by atoms with Gasteiger partial charge in [-0.05, 0) is 74.7 Å². The molecule has 0 atom stereocenters. The molecule has 1 fully saturated rings. The molecule has 1 aliphatic heterocycles. The molecule has 3 rings (SSSR count). The molecular weight excluding hydrogens is 392 g/mol. The SMILES string of the molecule is CCOc1cc(C=C2C(=O)NN(c3ccc(C)c(C)c3)C2=O)cc(Cl)c1OCC. The Kier molecular flexibility index (Phi) is 6.13. The van der Waals surface area contributed by atoms with E-state index in [1.165, 1.54) is 11.1 Å². The Morgan fingerprint density at radius 3 is 2.41 bits per heavy atom. The molecule has 2 aromatic carbocycles. The van der Waals surface area contributed by atoms with Crippen molar-refractivity contribution >= 4 is 35.2 Å². The van der Waals surface area contributed by atoms with Gasteiger partial charge in [-0.25, -0.2) is 5.01 Å². The predicted molar refractivity (Wildman–Crippen MR) is 113 cm³/mol. The van der Waals surface area contributed by atoms with Gasteiger partial charge in [-0.1, -0.05) is 17.7 Å². The molecule has 0 aliphatic carbocycles. The Labute approximate surface area is 175 Å². The zero-order chi connectivity index (χ0) is 21.1. The largest absolute Gasteiger partial charge is 0.490 e. The third-order valence-electron chi connectivity index (χ3n) is 4.57. The molecule has 0 aromatic heterocycles. The smallest absolute Gasteiger partial charge is 0.282 e. The molecule has 29 heavy (non-hydrogen) atoms. The molecular formula is C22H23ClN2O4. The van der Waals surface area contributed by atoms with Crippen LogP contribution in [0.15, 0.2) is 35.9 Å². The number of aryl methyl sites for hydroxylation is 2. The quantitative estimate of drug-likeness (QED) is 0.567. The maximum absolute atomic E-state index is 12.9. The Bertz CT molecular complexity index is 1000. The first kappa shape index (κ1) is 20.7. The number of nitrogens with zero attached hydrogens (tertiary/aromatic N) is 1. The molecule has 1 aliphatic rings. The predicted octanol–water partition coefficient (Wildman–Crippen LogP) is 4.22. The van der Waals surface area contributed by atoms with Crippen LogP contribution in [0.1, 0.15) is 30.5 Å².